The average Bonchev–Trinajstić information content (AvgIpc) is 2.55. The van der Waals surface area contributed by atoms with Crippen LogP contribution < -0.4 is 10.9 Å². The highest BCUT2D eigenvalue weighted by Gasteiger charge is 2.35. The molecule has 4 aliphatic rings. The molecule has 1 saturated heterocycles. The van der Waals surface area contributed by atoms with Crippen LogP contribution in [0.25, 0.3) is 0 Å². The van der Waals surface area contributed by atoms with Crippen molar-refractivity contribution in [3.8, 4) is 0 Å². The van der Waals surface area contributed by atoms with Crippen LogP contribution in [-0.2, 0) is 0 Å². The predicted molar refractivity (Wildman–Crippen MR) is 42.5 cm³/mol. The van der Waals surface area contributed by atoms with Gasteiger partial charge in [0.1, 0.15) is 0 Å². The van der Waals surface area contributed by atoms with Crippen LogP contribution in [-0.4, -0.2) is 24.5 Å². The summed E-state index contributed by atoms with van der Waals surface area (Å²) < 4.78 is 0. The van der Waals surface area contributed by atoms with Crippen LogP contribution in [0.1, 0.15) is 12.8 Å². The lowest BCUT2D eigenvalue weighted by atomic mass is 9.88. The molecule has 0 aromatic carbocycles. The van der Waals surface area contributed by atoms with E-state index in [1.807, 2.05) is 0 Å². The minimum atomic E-state index is 0.838. The van der Waals surface area contributed by atoms with E-state index in [4.69, 9.17) is 0 Å². The fraction of sp³-hybridized carbons (Fsp3) is 0.750. The molecule has 2 N–H and O–H groups in total. The van der Waals surface area contributed by atoms with Gasteiger partial charge in [0.05, 0.1) is 12.2 Å². The van der Waals surface area contributed by atoms with Gasteiger partial charge < -0.3 is 10.3 Å². The standard InChI is InChI=1S/C8H13N3/c1-3-11-4-2-6(1)8-7(11)5-9-10-8/h6,9-10H,1-5H2. The summed E-state index contributed by atoms with van der Waals surface area (Å²) in [6.45, 7) is 3.60. The highest BCUT2D eigenvalue weighted by Crippen LogP contribution is 2.35. The lowest BCUT2D eigenvalue weighted by molar-refractivity contribution is 0.207. The highest BCUT2D eigenvalue weighted by atomic mass is 15.4. The topological polar surface area (TPSA) is 27.3 Å². The summed E-state index contributed by atoms with van der Waals surface area (Å²) in [6, 6.07) is 0. The van der Waals surface area contributed by atoms with E-state index >= 15 is 0 Å². The molecule has 0 atom stereocenters. The van der Waals surface area contributed by atoms with E-state index in [1.165, 1.54) is 37.3 Å². The Morgan fingerprint density at radius 3 is 2.82 bits per heavy atom. The maximum absolute atomic E-state index is 3.28. The van der Waals surface area contributed by atoms with Crippen molar-refractivity contribution in [2.45, 2.75) is 12.8 Å². The van der Waals surface area contributed by atoms with E-state index in [-0.39, 0.29) is 0 Å². The van der Waals surface area contributed by atoms with Crippen molar-refractivity contribution in [2.24, 2.45) is 5.92 Å². The van der Waals surface area contributed by atoms with Crippen molar-refractivity contribution in [2.75, 3.05) is 19.6 Å². The second kappa shape index (κ2) is 1.91. The first kappa shape index (κ1) is 5.89. The Morgan fingerprint density at radius 2 is 2.09 bits per heavy atom. The first-order chi connectivity index (χ1) is 5.45. The quantitative estimate of drug-likeness (QED) is 0.511. The van der Waals surface area contributed by atoms with Crippen LogP contribution in [0.3, 0.4) is 0 Å². The Morgan fingerprint density at radius 1 is 1.27 bits per heavy atom. The van der Waals surface area contributed by atoms with Gasteiger partial charge in [-0.15, -0.1) is 0 Å². The smallest absolute Gasteiger partial charge is 0.0566 e. The molecule has 0 radical (unpaired) electrons. The molecule has 0 aliphatic carbocycles. The van der Waals surface area contributed by atoms with Crippen LogP contribution in [0.15, 0.2) is 11.4 Å². The number of piperidine rings is 1. The van der Waals surface area contributed by atoms with E-state index < -0.39 is 0 Å². The van der Waals surface area contributed by atoms with Crippen LogP contribution >= 0.6 is 0 Å². The lowest BCUT2D eigenvalue weighted by Crippen LogP contribution is -2.41. The normalized spacial score (nSPS) is 29.3. The summed E-state index contributed by atoms with van der Waals surface area (Å²) in [5.41, 5.74) is 9.50. The Bertz CT molecular complexity index is 191. The fourth-order valence-electron chi connectivity index (χ4n) is 2.45. The van der Waals surface area contributed by atoms with Crippen molar-refractivity contribution < 1.29 is 0 Å². The Balaban J connectivity index is 2.05. The molecule has 1 fully saturated rings. The van der Waals surface area contributed by atoms with E-state index in [2.05, 4.69) is 15.8 Å². The molecule has 0 amide bonds. The molecule has 3 heteroatoms. The summed E-state index contributed by atoms with van der Waals surface area (Å²) in [5.74, 6) is 0.838. The molecule has 4 heterocycles. The molecular formula is C8H13N3. The van der Waals surface area contributed by atoms with Gasteiger partial charge in [0.2, 0.25) is 0 Å². The van der Waals surface area contributed by atoms with Gasteiger partial charge >= 0.3 is 0 Å². The molecule has 4 aliphatic heterocycles. The zero-order valence-corrected chi connectivity index (χ0v) is 6.56. The number of rotatable bonds is 0. The number of hydrogen-bond donors (Lipinski definition) is 2. The van der Waals surface area contributed by atoms with Crippen molar-refractivity contribution in [1.82, 2.24) is 15.8 Å². The molecule has 4 rings (SSSR count). The maximum atomic E-state index is 3.28. The van der Waals surface area contributed by atoms with Crippen LogP contribution in [0.4, 0.5) is 0 Å². The second-order valence-corrected chi connectivity index (χ2v) is 3.60. The number of nitrogens with zero attached hydrogens (tertiary/aromatic N) is 1. The lowest BCUT2D eigenvalue weighted by Gasteiger charge is -2.40. The minimum Gasteiger partial charge on any atom is -0.372 e. The fourth-order valence-corrected chi connectivity index (χ4v) is 2.45. The van der Waals surface area contributed by atoms with Gasteiger partial charge in [0.25, 0.3) is 0 Å². The largest absolute Gasteiger partial charge is 0.372 e. The van der Waals surface area contributed by atoms with Gasteiger partial charge in [0.15, 0.2) is 0 Å². The van der Waals surface area contributed by atoms with E-state index in [0.717, 1.165) is 12.5 Å². The summed E-state index contributed by atoms with van der Waals surface area (Å²) in [7, 11) is 0. The zero-order chi connectivity index (χ0) is 7.26. The third kappa shape index (κ3) is 0.665. The summed E-state index contributed by atoms with van der Waals surface area (Å²) in [5, 5.41) is 0. The highest BCUT2D eigenvalue weighted by molar-refractivity contribution is 5.25. The molecule has 0 saturated carbocycles. The number of hydrogen-bond acceptors (Lipinski definition) is 3. The predicted octanol–water partition coefficient (Wildman–Crippen LogP) is 0.0314. The van der Waals surface area contributed by atoms with Crippen LogP contribution in [0, 0.1) is 5.92 Å². The molecule has 0 unspecified atom stereocenters. The molecule has 60 valence electrons. The third-order valence-corrected chi connectivity index (χ3v) is 3.07. The van der Waals surface area contributed by atoms with Gasteiger partial charge in [-0.2, -0.15) is 0 Å². The first-order valence-electron chi connectivity index (χ1n) is 4.42. The SMILES string of the molecule is C1NNC2=C1N1CCC2CC1. The van der Waals surface area contributed by atoms with Crippen LogP contribution in [0.2, 0.25) is 0 Å². The molecule has 3 nitrogen and oxygen atoms in total. The zero-order valence-electron chi connectivity index (χ0n) is 6.56. The van der Waals surface area contributed by atoms with Crippen molar-refractivity contribution in [3.05, 3.63) is 11.4 Å². The Labute approximate surface area is 66.4 Å². The van der Waals surface area contributed by atoms with Gasteiger partial charge in [-0.05, 0) is 12.8 Å². The van der Waals surface area contributed by atoms with Gasteiger partial charge in [0, 0.05) is 24.7 Å². The van der Waals surface area contributed by atoms with Crippen LogP contribution in [0.5, 0.6) is 0 Å². The van der Waals surface area contributed by atoms with Gasteiger partial charge in [-0.1, -0.05) is 0 Å². The first-order valence-corrected chi connectivity index (χ1v) is 4.42. The summed E-state index contributed by atoms with van der Waals surface area (Å²) in [6.07, 6.45) is 2.71. The van der Waals surface area contributed by atoms with Crippen molar-refractivity contribution in [1.29, 1.82) is 0 Å². The number of allylic oxidation sites excluding steroid dienone is 1. The Hall–Kier alpha value is -0.700. The number of nitrogens with one attached hydrogen (secondary N) is 2. The average molecular weight is 151 g/mol. The summed E-state index contributed by atoms with van der Waals surface area (Å²) >= 11 is 0. The third-order valence-electron chi connectivity index (χ3n) is 3.07. The number of hydrazine groups is 1. The minimum absolute atomic E-state index is 0.838. The molecule has 0 spiro atoms. The summed E-state index contributed by atoms with van der Waals surface area (Å²) in [4.78, 5) is 2.52. The van der Waals surface area contributed by atoms with E-state index in [0.29, 0.717) is 0 Å². The van der Waals surface area contributed by atoms with Crippen molar-refractivity contribution in [3.63, 3.8) is 0 Å². The van der Waals surface area contributed by atoms with E-state index in [1.54, 1.807) is 0 Å². The maximum Gasteiger partial charge on any atom is 0.0566 e. The molecule has 11 heavy (non-hydrogen) atoms. The van der Waals surface area contributed by atoms with Gasteiger partial charge in [-0.3, -0.25) is 0 Å². The monoisotopic (exact) mass is 151 g/mol. The Kier molecular flexibility index (Phi) is 1.02. The number of fused-ring (bicyclic) bond motifs is 2. The van der Waals surface area contributed by atoms with E-state index in [9.17, 15) is 0 Å². The molecule has 2 bridgehead atoms. The molecule has 0 aromatic heterocycles. The molecule has 0 aromatic rings. The van der Waals surface area contributed by atoms with Gasteiger partial charge in [-0.25, -0.2) is 5.43 Å². The second-order valence-electron chi connectivity index (χ2n) is 3.60. The van der Waals surface area contributed by atoms with Crippen molar-refractivity contribution >= 4 is 0 Å². The molecular weight excluding hydrogens is 138 g/mol.